The number of hydrogen-bond donors (Lipinski definition) is 1. The van der Waals surface area contributed by atoms with E-state index in [2.05, 4.69) is 35.1 Å². The average molecular weight is 328 g/mol. The minimum absolute atomic E-state index is 0.117. The van der Waals surface area contributed by atoms with Gasteiger partial charge in [-0.1, -0.05) is 0 Å². The third-order valence-electron chi connectivity index (χ3n) is 3.77. The molecule has 5 heteroatoms. The molecule has 0 spiro atoms. The van der Waals surface area contributed by atoms with Gasteiger partial charge in [-0.25, -0.2) is 0 Å². The van der Waals surface area contributed by atoms with Crippen molar-refractivity contribution in [3.05, 3.63) is 22.4 Å². The molecule has 0 atom stereocenters. The molecule has 4 nitrogen and oxygen atoms in total. The predicted molar refractivity (Wildman–Crippen MR) is 80.5 cm³/mol. The molecule has 1 fully saturated rings. The molecule has 0 aromatic carbocycles. The average Bonchev–Trinajstić information content (AvgIpc) is 2.80. The van der Waals surface area contributed by atoms with Crippen molar-refractivity contribution in [3.8, 4) is 0 Å². The van der Waals surface area contributed by atoms with Gasteiger partial charge in [-0.2, -0.15) is 0 Å². The molecule has 2 rings (SSSR count). The van der Waals surface area contributed by atoms with Crippen LogP contribution in [-0.4, -0.2) is 41.6 Å². The highest BCUT2D eigenvalue weighted by Gasteiger charge is 2.25. The summed E-state index contributed by atoms with van der Waals surface area (Å²) in [5.41, 5.74) is 0.767. The lowest BCUT2D eigenvalue weighted by atomic mass is 10.1. The molecule has 2 heterocycles. The second-order valence-electron chi connectivity index (χ2n) is 5.44. The first-order chi connectivity index (χ1) is 9.00. The number of amides is 1. The van der Waals surface area contributed by atoms with Crippen molar-refractivity contribution < 1.29 is 4.79 Å². The van der Waals surface area contributed by atoms with Gasteiger partial charge in [0.2, 0.25) is 0 Å². The van der Waals surface area contributed by atoms with E-state index < -0.39 is 0 Å². The Balaban J connectivity index is 2.18. The maximum atomic E-state index is 12.6. The Morgan fingerprint density at radius 3 is 2.68 bits per heavy atom. The normalized spacial score (nSPS) is 16.9. The van der Waals surface area contributed by atoms with Gasteiger partial charge in [0.05, 0.1) is 0 Å². The Bertz CT molecular complexity index is 450. The van der Waals surface area contributed by atoms with Gasteiger partial charge in [-0.3, -0.25) is 4.79 Å². The van der Waals surface area contributed by atoms with Gasteiger partial charge >= 0.3 is 0 Å². The van der Waals surface area contributed by atoms with Gasteiger partial charge in [-0.05, 0) is 61.8 Å². The van der Waals surface area contributed by atoms with E-state index in [0.717, 1.165) is 36.1 Å². The van der Waals surface area contributed by atoms with Gasteiger partial charge in [0.1, 0.15) is 5.69 Å². The Morgan fingerprint density at radius 1 is 1.47 bits per heavy atom. The van der Waals surface area contributed by atoms with Crippen LogP contribution < -0.4 is 5.32 Å². The Morgan fingerprint density at radius 2 is 2.11 bits per heavy atom. The molecule has 106 valence electrons. The van der Waals surface area contributed by atoms with Crippen molar-refractivity contribution in [2.75, 3.05) is 20.1 Å². The minimum atomic E-state index is 0.117. The molecule has 1 amide bonds. The SMILES string of the molecule is CC(C)n1cc(Br)cc1C(=O)N(C)C1CCNCC1. The highest BCUT2D eigenvalue weighted by atomic mass is 79.9. The standard InChI is InChI=1S/C14H22BrN3O/c1-10(2)18-9-11(15)8-13(18)14(19)17(3)12-4-6-16-7-5-12/h8-10,12,16H,4-7H2,1-3H3. The lowest BCUT2D eigenvalue weighted by molar-refractivity contribution is 0.0690. The van der Waals surface area contributed by atoms with E-state index in [0.29, 0.717) is 6.04 Å². The first kappa shape index (κ1) is 14.6. The summed E-state index contributed by atoms with van der Waals surface area (Å²) in [6.07, 6.45) is 4.05. The third kappa shape index (κ3) is 3.20. The molecule has 1 aromatic rings. The fraction of sp³-hybridized carbons (Fsp3) is 0.643. The molecule has 1 aliphatic heterocycles. The molecule has 1 aliphatic rings. The van der Waals surface area contributed by atoms with E-state index in [-0.39, 0.29) is 11.9 Å². The first-order valence-corrected chi connectivity index (χ1v) is 7.65. The van der Waals surface area contributed by atoms with E-state index in [1.54, 1.807) is 0 Å². The van der Waals surface area contributed by atoms with Crippen LogP contribution in [0.2, 0.25) is 0 Å². The third-order valence-corrected chi connectivity index (χ3v) is 4.20. The topological polar surface area (TPSA) is 37.3 Å². The summed E-state index contributed by atoms with van der Waals surface area (Å²) in [6, 6.07) is 2.55. The van der Waals surface area contributed by atoms with E-state index in [9.17, 15) is 4.79 Å². The number of carbonyl (C=O) groups is 1. The van der Waals surface area contributed by atoms with Crippen LogP contribution in [0.25, 0.3) is 0 Å². The second kappa shape index (κ2) is 6.09. The number of piperidine rings is 1. The fourth-order valence-corrected chi connectivity index (χ4v) is 3.02. The van der Waals surface area contributed by atoms with Crippen LogP contribution in [0.3, 0.4) is 0 Å². The number of carbonyl (C=O) groups excluding carboxylic acids is 1. The van der Waals surface area contributed by atoms with Crippen LogP contribution in [0.1, 0.15) is 43.2 Å². The van der Waals surface area contributed by atoms with E-state index in [1.807, 2.05) is 28.8 Å². The summed E-state index contributed by atoms with van der Waals surface area (Å²) in [5, 5.41) is 3.33. The molecular formula is C14H22BrN3O. The highest BCUT2D eigenvalue weighted by molar-refractivity contribution is 9.10. The summed E-state index contributed by atoms with van der Waals surface area (Å²) in [6.45, 7) is 6.18. The summed E-state index contributed by atoms with van der Waals surface area (Å²) < 4.78 is 2.99. The van der Waals surface area contributed by atoms with Crippen molar-refractivity contribution in [1.29, 1.82) is 0 Å². The van der Waals surface area contributed by atoms with Crippen LogP contribution in [0, 0.1) is 0 Å². The Kier molecular flexibility index (Phi) is 4.68. The molecule has 0 radical (unpaired) electrons. The zero-order valence-electron chi connectivity index (χ0n) is 11.8. The number of nitrogens with zero attached hydrogens (tertiary/aromatic N) is 2. The molecule has 1 aromatic heterocycles. The summed E-state index contributed by atoms with van der Waals surface area (Å²) in [7, 11) is 1.92. The van der Waals surface area contributed by atoms with E-state index >= 15 is 0 Å². The molecule has 19 heavy (non-hydrogen) atoms. The van der Waals surface area contributed by atoms with Crippen LogP contribution in [0.4, 0.5) is 0 Å². The molecule has 1 N–H and O–H groups in total. The fourth-order valence-electron chi connectivity index (χ4n) is 2.58. The van der Waals surface area contributed by atoms with Crippen LogP contribution in [0.5, 0.6) is 0 Å². The molecule has 0 bridgehead atoms. The number of halogens is 1. The number of hydrogen-bond acceptors (Lipinski definition) is 2. The highest BCUT2D eigenvalue weighted by Crippen LogP contribution is 2.22. The molecular weight excluding hydrogens is 306 g/mol. The van der Waals surface area contributed by atoms with Gasteiger partial charge in [-0.15, -0.1) is 0 Å². The monoisotopic (exact) mass is 327 g/mol. The summed E-state index contributed by atoms with van der Waals surface area (Å²) >= 11 is 3.46. The quantitative estimate of drug-likeness (QED) is 0.926. The predicted octanol–water partition coefficient (Wildman–Crippen LogP) is 2.66. The lowest BCUT2D eigenvalue weighted by Gasteiger charge is -2.32. The summed E-state index contributed by atoms with van der Waals surface area (Å²) in [4.78, 5) is 14.6. The number of aromatic nitrogens is 1. The first-order valence-electron chi connectivity index (χ1n) is 6.86. The van der Waals surface area contributed by atoms with Crippen molar-refractivity contribution >= 4 is 21.8 Å². The summed E-state index contributed by atoms with van der Waals surface area (Å²) in [5.74, 6) is 0.117. The van der Waals surface area contributed by atoms with E-state index in [1.165, 1.54) is 0 Å². The molecule has 0 aliphatic carbocycles. The van der Waals surface area contributed by atoms with Crippen molar-refractivity contribution in [1.82, 2.24) is 14.8 Å². The van der Waals surface area contributed by atoms with Crippen LogP contribution >= 0.6 is 15.9 Å². The molecule has 1 saturated heterocycles. The van der Waals surface area contributed by atoms with Gasteiger partial charge in [0, 0.05) is 29.8 Å². The largest absolute Gasteiger partial charge is 0.340 e. The van der Waals surface area contributed by atoms with Crippen LogP contribution in [0.15, 0.2) is 16.7 Å². The van der Waals surface area contributed by atoms with Crippen LogP contribution in [-0.2, 0) is 0 Å². The molecule has 0 unspecified atom stereocenters. The van der Waals surface area contributed by atoms with Crippen molar-refractivity contribution in [2.45, 2.75) is 38.8 Å². The van der Waals surface area contributed by atoms with Gasteiger partial charge < -0.3 is 14.8 Å². The number of rotatable bonds is 3. The lowest BCUT2D eigenvalue weighted by Crippen LogP contribution is -2.44. The van der Waals surface area contributed by atoms with Crippen molar-refractivity contribution in [3.63, 3.8) is 0 Å². The zero-order chi connectivity index (χ0) is 14.0. The van der Waals surface area contributed by atoms with E-state index in [4.69, 9.17) is 0 Å². The Labute approximate surface area is 123 Å². The zero-order valence-corrected chi connectivity index (χ0v) is 13.4. The second-order valence-corrected chi connectivity index (χ2v) is 6.36. The number of nitrogens with one attached hydrogen (secondary N) is 1. The Hall–Kier alpha value is -0.810. The minimum Gasteiger partial charge on any atom is -0.340 e. The maximum absolute atomic E-state index is 12.6. The van der Waals surface area contributed by atoms with Gasteiger partial charge in [0.25, 0.3) is 5.91 Å². The van der Waals surface area contributed by atoms with Gasteiger partial charge in [0.15, 0.2) is 0 Å². The maximum Gasteiger partial charge on any atom is 0.270 e. The van der Waals surface area contributed by atoms with Crippen molar-refractivity contribution in [2.24, 2.45) is 0 Å². The molecule has 0 saturated carbocycles. The smallest absolute Gasteiger partial charge is 0.270 e.